The molecule has 2 heterocycles. The Labute approximate surface area is 125 Å². The summed E-state index contributed by atoms with van der Waals surface area (Å²) in [4.78, 5) is 8.90. The number of aromatic nitrogens is 2. The number of rotatable bonds is 5. The molecule has 3 heteroatoms. The predicted molar refractivity (Wildman–Crippen MR) is 86.1 cm³/mol. The van der Waals surface area contributed by atoms with E-state index in [4.69, 9.17) is 0 Å². The Morgan fingerprint density at radius 2 is 1.81 bits per heavy atom. The smallest absolute Gasteiger partial charge is 0.0705 e. The van der Waals surface area contributed by atoms with Gasteiger partial charge in [-0.3, -0.25) is 9.97 Å². The highest BCUT2D eigenvalue weighted by Gasteiger charge is 2.14. The second kappa shape index (κ2) is 6.46. The monoisotopic (exact) mass is 277 g/mol. The lowest BCUT2D eigenvalue weighted by atomic mass is 9.98. The fraction of sp³-hybridized carbons (Fsp3) is 0.222. The molecule has 0 aliphatic carbocycles. The van der Waals surface area contributed by atoms with Gasteiger partial charge in [0.15, 0.2) is 0 Å². The summed E-state index contributed by atoms with van der Waals surface area (Å²) in [5, 5.41) is 4.78. The third-order valence-corrected chi connectivity index (χ3v) is 3.65. The Kier molecular flexibility index (Phi) is 4.22. The number of hydrogen-bond donors (Lipinski definition) is 1. The quantitative estimate of drug-likeness (QED) is 0.775. The number of pyridine rings is 2. The van der Waals surface area contributed by atoms with Crippen LogP contribution in [0.2, 0.25) is 0 Å². The van der Waals surface area contributed by atoms with Gasteiger partial charge in [-0.2, -0.15) is 0 Å². The summed E-state index contributed by atoms with van der Waals surface area (Å²) in [6, 6.07) is 16.7. The van der Waals surface area contributed by atoms with E-state index in [-0.39, 0.29) is 6.04 Å². The Bertz CT molecular complexity index is 704. The molecule has 1 N–H and O–H groups in total. The van der Waals surface area contributed by atoms with Gasteiger partial charge in [0.1, 0.15) is 0 Å². The van der Waals surface area contributed by atoms with Crippen molar-refractivity contribution in [1.29, 1.82) is 0 Å². The van der Waals surface area contributed by atoms with E-state index in [1.807, 2.05) is 30.6 Å². The van der Waals surface area contributed by atoms with Gasteiger partial charge in [0.05, 0.1) is 5.52 Å². The zero-order valence-electron chi connectivity index (χ0n) is 12.2. The molecule has 1 aromatic carbocycles. The van der Waals surface area contributed by atoms with Gasteiger partial charge in [0.2, 0.25) is 0 Å². The molecule has 1 atom stereocenters. The summed E-state index contributed by atoms with van der Waals surface area (Å²) in [6.45, 7) is 3.06. The summed E-state index contributed by atoms with van der Waals surface area (Å²) in [5.74, 6) is 0. The maximum absolute atomic E-state index is 4.45. The first-order chi connectivity index (χ1) is 10.4. The average Bonchev–Trinajstić information content (AvgIpc) is 2.55. The van der Waals surface area contributed by atoms with Crippen molar-refractivity contribution in [3.8, 4) is 0 Å². The largest absolute Gasteiger partial charge is 0.310 e. The van der Waals surface area contributed by atoms with Crippen molar-refractivity contribution in [2.75, 3.05) is 6.54 Å². The summed E-state index contributed by atoms with van der Waals surface area (Å²) >= 11 is 0. The minimum atomic E-state index is 0.248. The van der Waals surface area contributed by atoms with Crippen LogP contribution in [0.5, 0.6) is 0 Å². The van der Waals surface area contributed by atoms with E-state index in [0.29, 0.717) is 0 Å². The summed E-state index contributed by atoms with van der Waals surface area (Å²) in [7, 11) is 0. The van der Waals surface area contributed by atoms with Crippen molar-refractivity contribution in [1.82, 2.24) is 15.3 Å². The molecule has 2 aromatic heterocycles. The topological polar surface area (TPSA) is 37.8 Å². The second-order valence-electron chi connectivity index (χ2n) is 5.05. The number of fused-ring (bicyclic) bond motifs is 1. The summed E-state index contributed by atoms with van der Waals surface area (Å²) in [5.41, 5.74) is 3.43. The van der Waals surface area contributed by atoms with Crippen LogP contribution in [-0.4, -0.2) is 16.5 Å². The molecule has 3 aromatic rings. The molecule has 0 aliphatic rings. The average molecular weight is 277 g/mol. The normalized spacial score (nSPS) is 12.4. The zero-order chi connectivity index (χ0) is 14.5. The molecular formula is C18H19N3. The number of likely N-dealkylation sites (N-methyl/N-ethyl adjacent to an activating group) is 1. The Balaban J connectivity index is 1.99. The zero-order valence-corrected chi connectivity index (χ0v) is 12.2. The molecule has 0 spiro atoms. The maximum Gasteiger partial charge on any atom is 0.0705 e. The first-order valence-electron chi connectivity index (χ1n) is 7.35. The SMILES string of the molecule is CCNC(Cc1ccccn1)c1ccnc2ccccc12. The van der Waals surface area contributed by atoms with E-state index in [2.05, 4.69) is 52.5 Å². The summed E-state index contributed by atoms with van der Waals surface area (Å²) < 4.78 is 0. The molecule has 3 nitrogen and oxygen atoms in total. The molecule has 21 heavy (non-hydrogen) atoms. The number of nitrogens with zero attached hydrogens (tertiary/aromatic N) is 2. The van der Waals surface area contributed by atoms with Gasteiger partial charge >= 0.3 is 0 Å². The molecule has 0 fully saturated rings. The van der Waals surface area contributed by atoms with Crippen molar-refractivity contribution >= 4 is 10.9 Å². The van der Waals surface area contributed by atoms with Crippen LogP contribution >= 0.6 is 0 Å². The minimum absolute atomic E-state index is 0.248. The molecule has 0 bridgehead atoms. The fourth-order valence-corrected chi connectivity index (χ4v) is 2.69. The molecule has 106 valence electrons. The highest BCUT2D eigenvalue weighted by molar-refractivity contribution is 5.82. The number of hydrogen-bond acceptors (Lipinski definition) is 3. The minimum Gasteiger partial charge on any atom is -0.310 e. The Morgan fingerprint density at radius 3 is 2.62 bits per heavy atom. The Morgan fingerprint density at radius 1 is 0.952 bits per heavy atom. The van der Waals surface area contributed by atoms with Crippen LogP contribution in [-0.2, 0) is 6.42 Å². The molecule has 0 saturated carbocycles. The number of benzene rings is 1. The van der Waals surface area contributed by atoms with E-state index >= 15 is 0 Å². The lowest BCUT2D eigenvalue weighted by Gasteiger charge is -2.19. The van der Waals surface area contributed by atoms with Gasteiger partial charge in [-0.05, 0) is 36.4 Å². The van der Waals surface area contributed by atoms with E-state index in [1.54, 1.807) is 0 Å². The van der Waals surface area contributed by atoms with Crippen LogP contribution < -0.4 is 5.32 Å². The second-order valence-corrected chi connectivity index (χ2v) is 5.05. The van der Waals surface area contributed by atoms with Crippen molar-refractivity contribution in [2.45, 2.75) is 19.4 Å². The summed E-state index contributed by atoms with van der Waals surface area (Å²) in [6.07, 6.45) is 4.62. The van der Waals surface area contributed by atoms with Gasteiger partial charge < -0.3 is 5.32 Å². The van der Waals surface area contributed by atoms with Crippen molar-refractivity contribution in [2.24, 2.45) is 0 Å². The first-order valence-corrected chi connectivity index (χ1v) is 7.35. The Hall–Kier alpha value is -2.26. The van der Waals surface area contributed by atoms with E-state index in [0.717, 1.165) is 24.2 Å². The molecule has 1 unspecified atom stereocenters. The van der Waals surface area contributed by atoms with Gasteiger partial charge in [0.25, 0.3) is 0 Å². The fourth-order valence-electron chi connectivity index (χ4n) is 2.69. The van der Waals surface area contributed by atoms with Crippen LogP contribution in [0.4, 0.5) is 0 Å². The van der Waals surface area contributed by atoms with Gasteiger partial charge in [-0.25, -0.2) is 0 Å². The third-order valence-electron chi connectivity index (χ3n) is 3.65. The highest BCUT2D eigenvalue weighted by atomic mass is 14.9. The number of para-hydroxylation sites is 1. The van der Waals surface area contributed by atoms with Crippen LogP contribution in [0.25, 0.3) is 10.9 Å². The number of nitrogens with one attached hydrogen (secondary N) is 1. The van der Waals surface area contributed by atoms with Crippen molar-refractivity contribution in [3.05, 3.63) is 72.2 Å². The first kappa shape index (κ1) is 13.7. The molecule has 0 aliphatic heterocycles. The van der Waals surface area contributed by atoms with E-state index < -0.39 is 0 Å². The van der Waals surface area contributed by atoms with Crippen LogP contribution in [0.3, 0.4) is 0 Å². The van der Waals surface area contributed by atoms with E-state index in [9.17, 15) is 0 Å². The van der Waals surface area contributed by atoms with Crippen molar-refractivity contribution < 1.29 is 0 Å². The lowest BCUT2D eigenvalue weighted by Crippen LogP contribution is -2.23. The maximum atomic E-state index is 4.45. The van der Waals surface area contributed by atoms with Crippen molar-refractivity contribution in [3.63, 3.8) is 0 Å². The lowest BCUT2D eigenvalue weighted by molar-refractivity contribution is 0.547. The molecular weight excluding hydrogens is 258 g/mol. The highest BCUT2D eigenvalue weighted by Crippen LogP contribution is 2.25. The van der Waals surface area contributed by atoms with Gasteiger partial charge in [-0.1, -0.05) is 31.2 Å². The van der Waals surface area contributed by atoms with Crippen LogP contribution in [0, 0.1) is 0 Å². The van der Waals surface area contributed by atoms with Gasteiger partial charge in [-0.15, -0.1) is 0 Å². The molecule has 0 radical (unpaired) electrons. The predicted octanol–water partition coefficient (Wildman–Crippen LogP) is 3.52. The van der Waals surface area contributed by atoms with Crippen LogP contribution in [0.15, 0.2) is 60.9 Å². The molecule has 0 saturated heterocycles. The van der Waals surface area contributed by atoms with E-state index in [1.165, 1.54) is 10.9 Å². The van der Waals surface area contributed by atoms with Gasteiger partial charge in [0, 0.05) is 35.9 Å². The molecule has 3 rings (SSSR count). The third kappa shape index (κ3) is 3.09. The standard InChI is InChI=1S/C18H19N3/c1-2-19-18(13-14-7-5-6-11-20-14)16-10-12-21-17-9-4-3-8-15(16)17/h3-12,18-19H,2,13H2,1H3. The van der Waals surface area contributed by atoms with Crippen LogP contribution in [0.1, 0.15) is 24.2 Å². The molecule has 0 amide bonds.